The molecule has 5 nitrogen and oxygen atoms in total. The van der Waals surface area contributed by atoms with Gasteiger partial charge in [-0.25, -0.2) is 4.21 Å². The minimum Gasteiger partial charge on any atom is -0.358 e. The number of fused-ring (bicyclic) bond motifs is 3. The Balaban J connectivity index is 2.09. The van der Waals surface area contributed by atoms with Gasteiger partial charge in [-0.05, 0) is 43.0 Å². The zero-order valence-electron chi connectivity index (χ0n) is 9.77. The lowest BCUT2D eigenvalue weighted by atomic mass is 9.92. The molecule has 0 aliphatic heterocycles. The number of rotatable bonds is 2. The van der Waals surface area contributed by atoms with Crippen LogP contribution in [0.3, 0.4) is 0 Å². The molecule has 2 unspecified atom stereocenters. The molecule has 6 heteroatoms. The molecule has 0 saturated heterocycles. The van der Waals surface area contributed by atoms with Crippen LogP contribution in [0.25, 0.3) is 10.9 Å². The summed E-state index contributed by atoms with van der Waals surface area (Å²) in [7, 11) is 0. The van der Waals surface area contributed by atoms with Crippen LogP contribution in [0.2, 0.25) is 0 Å². The van der Waals surface area contributed by atoms with E-state index in [9.17, 15) is 4.21 Å². The molecule has 1 aromatic carbocycles. The second-order valence-electron chi connectivity index (χ2n) is 4.70. The smallest absolute Gasteiger partial charge is 0.259 e. The molecule has 2 atom stereocenters. The summed E-state index contributed by atoms with van der Waals surface area (Å²) in [5.41, 5.74) is 10.2. The Morgan fingerprint density at radius 2 is 2.33 bits per heavy atom. The molecular weight excluding hydrogens is 250 g/mol. The first-order valence-corrected chi connectivity index (χ1v) is 7.01. The van der Waals surface area contributed by atoms with E-state index in [1.165, 1.54) is 11.3 Å². The zero-order chi connectivity index (χ0) is 12.7. The van der Waals surface area contributed by atoms with Crippen LogP contribution in [0.1, 0.15) is 17.7 Å². The van der Waals surface area contributed by atoms with Gasteiger partial charge >= 0.3 is 0 Å². The van der Waals surface area contributed by atoms with Crippen LogP contribution in [0, 0.1) is 0 Å². The van der Waals surface area contributed by atoms with Crippen molar-refractivity contribution < 1.29 is 8.76 Å². The molecule has 0 fully saturated rings. The number of aromatic nitrogens is 1. The highest BCUT2D eigenvalue weighted by molar-refractivity contribution is 7.80. The van der Waals surface area contributed by atoms with E-state index in [0.29, 0.717) is 5.69 Å². The molecule has 2 aromatic rings. The average molecular weight is 265 g/mol. The maximum Gasteiger partial charge on any atom is 0.259 e. The fraction of sp³-hybridized carbons (Fsp3) is 0.333. The van der Waals surface area contributed by atoms with E-state index in [-0.39, 0.29) is 6.04 Å². The van der Waals surface area contributed by atoms with Gasteiger partial charge in [0.25, 0.3) is 11.3 Å². The number of H-pyrrole nitrogens is 1. The maximum atomic E-state index is 10.8. The molecule has 5 N–H and O–H groups in total. The molecule has 0 saturated carbocycles. The first-order valence-electron chi connectivity index (χ1n) is 5.90. The minimum atomic E-state index is -2.04. The van der Waals surface area contributed by atoms with E-state index in [4.69, 9.17) is 10.3 Å². The van der Waals surface area contributed by atoms with Gasteiger partial charge in [0.15, 0.2) is 0 Å². The summed E-state index contributed by atoms with van der Waals surface area (Å²) in [5.74, 6) is 0. The summed E-state index contributed by atoms with van der Waals surface area (Å²) in [6, 6.07) is 5.82. The van der Waals surface area contributed by atoms with E-state index >= 15 is 0 Å². The lowest BCUT2D eigenvalue weighted by Crippen LogP contribution is -2.27. The molecule has 18 heavy (non-hydrogen) atoms. The number of benzene rings is 1. The van der Waals surface area contributed by atoms with Crippen LogP contribution in [-0.2, 0) is 24.1 Å². The Morgan fingerprint density at radius 3 is 3.11 bits per heavy atom. The molecule has 1 aliphatic carbocycles. The van der Waals surface area contributed by atoms with Crippen molar-refractivity contribution >= 4 is 27.9 Å². The van der Waals surface area contributed by atoms with Gasteiger partial charge in [-0.3, -0.25) is 9.27 Å². The Hall–Kier alpha value is -1.37. The van der Waals surface area contributed by atoms with Crippen molar-refractivity contribution in [2.24, 2.45) is 5.73 Å². The van der Waals surface area contributed by atoms with E-state index in [1.54, 1.807) is 6.07 Å². The molecule has 1 heterocycles. The summed E-state index contributed by atoms with van der Waals surface area (Å²) in [6.07, 6.45) is 2.84. The second kappa shape index (κ2) is 4.38. The van der Waals surface area contributed by atoms with E-state index in [0.717, 1.165) is 30.2 Å². The highest BCUT2D eigenvalue weighted by Crippen LogP contribution is 2.30. The van der Waals surface area contributed by atoms with Crippen LogP contribution in [0.5, 0.6) is 0 Å². The van der Waals surface area contributed by atoms with Crippen molar-refractivity contribution in [3.63, 3.8) is 0 Å². The standard InChI is InChI=1S/C12H15N3O2S/c13-7-1-3-11-9(5-7)10-6-8(15-18(16)17)2-4-12(10)14-11/h2,4,6-7,14-15H,1,3,5,13H2,(H,16,17). The Bertz CT molecular complexity index is 623. The van der Waals surface area contributed by atoms with E-state index in [1.807, 2.05) is 12.1 Å². The predicted molar refractivity (Wildman–Crippen MR) is 72.7 cm³/mol. The molecule has 0 bridgehead atoms. The van der Waals surface area contributed by atoms with E-state index in [2.05, 4.69) is 9.71 Å². The molecular formula is C12H15N3O2S. The molecule has 96 valence electrons. The molecule has 1 aromatic heterocycles. The number of anilines is 1. The SMILES string of the molecule is NC1CCc2[nH]c3ccc(NS(=O)O)cc3c2C1. The topological polar surface area (TPSA) is 91.1 Å². The van der Waals surface area contributed by atoms with Crippen molar-refractivity contribution in [2.45, 2.75) is 25.3 Å². The quantitative estimate of drug-likeness (QED) is 0.621. The average Bonchev–Trinajstić information content (AvgIpc) is 2.66. The highest BCUT2D eigenvalue weighted by Gasteiger charge is 2.20. The highest BCUT2D eigenvalue weighted by atomic mass is 32.2. The van der Waals surface area contributed by atoms with Gasteiger partial charge in [0.1, 0.15) is 0 Å². The number of hydrogen-bond donors (Lipinski definition) is 4. The monoisotopic (exact) mass is 265 g/mol. The van der Waals surface area contributed by atoms with Crippen LogP contribution in [-0.4, -0.2) is 19.8 Å². The third-order valence-corrected chi connectivity index (χ3v) is 3.84. The fourth-order valence-electron chi connectivity index (χ4n) is 2.61. The van der Waals surface area contributed by atoms with Crippen molar-refractivity contribution in [2.75, 3.05) is 4.72 Å². The summed E-state index contributed by atoms with van der Waals surface area (Å²) in [5, 5.41) is 1.09. The van der Waals surface area contributed by atoms with Crippen molar-refractivity contribution in [1.82, 2.24) is 4.98 Å². The van der Waals surface area contributed by atoms with Crippen LogP contribution < -0.4 is 10.5 Å². The van der Waals surface area contributed by atoms with Gasteiger partial charge in [-0.1, -0.05) is 0 Å². The molecule has 1 aliphatic rings. The van der Waals surface area contributed by atoms with Crippen LogP contribution in [0.4, 0.5) is 5.69 Å². The summed E-state index contributed by atoms with van der Waals surface area (Å²) in [6.45, 7) is 0. The Kier molecular flexibility index (Phi) is 2.85. The molecule has 0 spiro atoms. The van der Waals surface area contributed by atoms with Crippen molar-refractivity contribution in [3.8, 4) is 0 Å². The first kappa shape index (κ1) is 11.7. The molecule has 3 rings (SSSR count). The zero-order valence-corrected chi connectivity index (χ0v) is 10.6. The minimum absolute atomic E-state index is 0.208. The normalized spacial score (nSPS) is 20.7. The van der Waals surface area contributed by atoms with Crippen molar-refractivity contribution in [1.29, 1.82) is 0 Å². The van der Waals surface area contributed by atoms with Crippen LogP contribution >= 0.6 is 0 Å². The third kappa shape index (κ3) is 2.03. The first-order chi connectivity index (χ1) is 8.63. The van der Waals surface area contributed by atoms with Gasteiger partial charge in [-0.15, -0.1) is 0 Å². The van der Waals surface area contributed by atoms with Gasteiger partial charge in [0.05, 0.1) is 0 Å². The largest absolute Gasteiger partial charge is 0.358 e. The van der Waals surface area contributed by atoms with Crippen LogP contribution in [0.15, 0.2) is 18.2 Å². The van der Waals surface area contributed by atoms with E-state index < -0.39 is 11.3 Å². The van der Waals surface area contributed by atoms with Crippen molar-refractivity contribution in [3.05, 3.63) is 29.5 Å². The third-order valence-electron chi connectivity index (χ3n) is 3.43. The molecule has 0 amide bonds. The number of aromatic amines is 1. The Morgan fingerprint density at radius 1 is 1.50 bits per heavy atom. The number of aryl methyl sites for hydroxylation is 1. The lowest BCUT2D eigenvalue weighted by Gasteiger charge is -2.18. The summed E-state index contributed by atoms with van der Waals surface area (Å²) < 4.78 is 22.1. The lowest BCUT2D eigenvalue weighted by molar-refractivity contribution is 0.570. The Labute approximate surface area is 107 Å². The fourth-order valence-corrected chi connectivity index (χ4v) is 2.94. The van der Waals surface area contributed by atoms with Gasteiger partial charge in [0, 0.05) is 28.3 Å². The molecule has 0 radical (unpaired) electrons. The maximum absolute atomic E-state index is 10.8. The van der Waals surface area contributed by atoms with Gasteiger partial charge in [-0.2, -0.15) is 0 Å². The second-order valence-corrected chi connectivity index (χ2v) is 5.40. The summed E-state index contributed by atoms with van der Waals surface area (Å²) in [4.78, 5) is 3.40. The number of nitrogens with one attached hydrogen (secondary N) is 2. The number of nitrogens with two attached hydrogens (primary N) is 1. The summed E-state index contributed by atoms with van der Waals surface area (Å²) >= 11 is -2.04. The number of hydrogen-bond acceptors (Lipinski definition) is 2. The van der Waals surface area contributed by atoms with Gasteiger partial charge in [0.2, 0.25) is 0 Å². The van der Waals surface area contributed by atoms with Gasteiger partial charge < -0.3 is 10.7 Å². The predicted octanol–water partition coefficient (Wildman–Crippen LogP) is 1.53.